The van der Waals surface area contributed by atoms with E-state index in [0.29, 0.717) is 12.0 Å². The lowest BCUT2D eigenvalue weighted by Crippen LogP contribution is -2.20. The number of aryl methyl sites for hydroxylation is 1. The molecule has 152 valence electrons. The van der Waals surface area contributed by atoms with Crippen LogP contribution in [0.2, 0.25) is 0 Å². The Kier molecular flexibility index (Phi) is 7.34. The molecule has 1 aromatic carbocycles. The number of benzene rings is 1. The summed E-state index contributed by atoms with van der Waals surface area (Å²) in [7, 11) is 3.30. The van der Waals surface area contributed by atoms with E-state index in [1.54, 1.807) is 14.2 Å². The summed E-state index contributed by atoms with van der Waals surface area (Å²) in [4.78, 5) is 9.20. The zero-order valence-corrected chi connectivity index (χ0v) is 17.3. The van der Waals surface area contributed by atoms with Crippen LogP contribution < -0.4 is 20.1 Å². The van der Waals surface area contributed by atoms with E-state index >= 15 is 0 Å². The fourth-order valence-electron chi connectivity index (χ4n) is 3.71. The zero-order valence-electron chi connectivity index (χ0n) is 17.3. The molecule has 0 aliphatic heterocycles. The van der Waals surface area contributed by atoms with Gasteiger partial charge in [0.15, 0.2) is 11.5 Å². The van der Waals surface area contributed by atoms with Gasteiger partial charge in [0.05, 0.1) is 14.2 Å². The molecule has 0 saturated heterocycles. The smallest absolute Gasteiger partial charge is 0.224 e. The van der Waals surface area contributed by atoms with Crippen LogP contribution >= 0.6 is 0 Å². The van der Waals surface area contributed by atoms with Crippen molar-refractivity contribution < 1.29 is 9.47 Å². The van der Waals surface area contributed by atoms with Gasteiger partial charge in [-0.25, -0.2) is 4.98 Å². The normalized spacial score (nSPS) is 15.0. The van der Waals surface area contributed by atoms with E-state index in [1.807, 2.05) is 25.1 Å². The third-order valence-electron chi connectivity index (χ3n) is 5.21. The van der Waals surface area contributed by atoms with E-state index in [2.05, 4.69) is 26.7 Å². The number of methoxy groups -OCH3 is 2. The van der Waals surface area contributed by atoms with Crippen molar-refractivity contribution in [3.05, 3.63) is 35.5 Å². The molecule has 2 N–H and O–H groups in total. The van der Waals surface area contributed by atoms with Gasteiger partial charge in [0, 0.05) is 24.3 Å². The molecule has 1 fully saturated rings. The maximum atomic E-state index is 5.38. The van der Waals surface area contributed by atoms with E-state index < -0.39 is 0 Å². The van der Waals surface area contributed by atoms with E-state index in [-0.39, 0.29) is 0 Å². The first-order valence-corrected chi connectivity index (χ1v) is 10.2. The predicted molar refractivity (Wildman–Crippen MR) is 114 cm³/mol. The van der Waals surface area contributed by atoms with Crippen molar-refractivity contribution in [1.82, 2.24) is 9.97 Å². The zero-order chi connectivity index (χ0) is 19.8. The molecule has 0 spiro atoms. The largest absolute Gasteiger partial charge is 0.493 e. The molecule has 6 heteroatoms. The summed E-state index contributed by atoms with van der Waals surface area (Å²) in [6.07, 6.45) is 8.61. The summed E-state index contributed by atoms with van der Waals surface area (Å²) in [5.41, 5.74) is 2.15. The van der Waals surface area contributed by atoms with E-state index in [4.69, 9.17) is 9.47 Å². The van der Waals surface area contributed by atoms with E-state index in [9.17, 15) is 0 Å². The topological polar surface area (TPSA) is 68.3 Å². The first-order chi connectivity index (χ1) is 13.7. The average molecular weight is 385 g/mol. The van der Waals surface area contributed by atoms with Gasteiger partial charge in [-0.3, -0.25) is 0 Å². The highest BCUT2D eigenvalue weighted by atomic mass is 16.5. The van der Waals surface area contributed by atoms with Gasteiger partial charge in [0.1, 0.15) is 5.82 Å². The second-order valence-electron chi connectivity index (χ2n) is 7.42. The second kappa shape index (κ2) is 10.2. The number of aromatic nitrogens is 2. The van der Waals surface area contributed by atoms with Crippen LogP contribution in [0.5, 0.6) is 11.5 Å². The van der Waals surface area contributed by atoms with Gasteiger partial charge in [-0.2, -0.15) is 4.98 Å². The lowest BCUT2D eigenvalue weighted by Gasteiger charge is -2.18. The Bertz CT molecular complexity index is 758. The molecule has 1 aliphatic carbocycles. The number of nitrogens with zero attached hydrogens (tertiary/aromatic N) is 2. The molecule has 0 bridgehead atoms. The molecule has 28 heavy (non-hydrogen) atoms. The van der Waals surface area contributed by atoms with Crippen molar-refractivity contribution in [2.45, 2.75) is 57.9 Å². The number of hydrogen-bond acceptors (Lipinski definition) is 6. The lowest BCUT2D eigenvalue weighted by atomic mass is 10.1. The molecule has 0 atom stereocenters. The van der Waals surface area contributed by atoms with Crippen LogP contribution in [0.1, 0.15) is 49.8 Å². The molecule has 1 aromatic heterocycles. The standard InChI is InChI=1S/C22H32N4O2/c1-16-14-21(25-18-8-6-4-5-7-9-18)26-22(24-16)23-13-12-17-10-11-19(27-2)20(15-17)28-3/h10-11,14-15,18H,4-9,12-13H2,1-3H3,(H2,23,24,25,26). The van der Waals surface area contributed by atoms with E-state index in [1.165, 1.54) is 44.1 Å². The quantitative estimate of drug-likeness (QED) is 0.649. The van der Waals surface area contributed by atoms with Crippen molar-refractivity contribution in [1.29, 1.82) is 0 Å². The van der Waals surface area contributed by atoms with Crippen LogP contribution in [0.4, 0.5) is 11.8 Å². The van der Waals surface area contributed by atoms with Crippen LogP contribution in [-0.4, -0.2) is 36.8 Å². The van der Waals surface area contributed by atoms with Gasteiger partial charge < -0.3 is 20.1 Å². The first kappa shape index (κ1) is 20.2. The molecular formula is C22H32N4O2. The molecule has 6 nitrogen and oxygen atoms in total. The summed E-state index contributed by atoms with van der Waals surface area (Å²) in [6, 6.07) is 8.56. The van der Waals surface area contributed by atoms with Crippen LogP contribution in [0.15, 0.2) is 24.3 Å². The number of ether oxygens (including phenoxy) is 2. The average Bonchev–Trinajstić information content (AvgIpc) is 2.96. The Morgan fingerprint density at radius 1 is 0.964 bits per heavy atom. The van der Waals surface area contributed by atoms with Crippen LogP contribution in [0.25, 0.3) is 0 Å². The van der Waals surface area contributed by atoms with Gasteiger partial charge in [-0.05, 0) is 43.9 Å². The minimum absolute atomic E-state index is 0.524. The molecule has 3 rings (SSSR count). The Hall–Kier alpha value is -2.50. The predicted octanol–water partition coefficient (Wildman–Crippen LogP) is 4.59. The highest BCUT2D eigenvalue weighted by Gasteiger charge is 2.13. The fraction of sp³-hybridized carbons (Fsp3) is 0.545. The highest BCUT2D eigenvalue weighted by Crippen LogP contribution is 2.27. The van der Waals surface area contributed by atoms with Crippen molar-refractivity contribution in [2.75, 3.05) is 31.4 Å². The third kappa shape index (κ3) is 5.75. The third-order valence-corrected chi connectivity index (χ3v) is 5.21. The fourth-order valence-corrected chi connectivity index (χ4v) is 3.71. The summed E-state index contributed by atoms with van der Waals surface area (Å²) in [6.45, 7) is 2.77. The van der Waals surface area contributed by atoms with Crippen molar-refractivity contribution >= 4 is 11.8 Å². The van der Waals surface area contributed by atoms with Crippen LogP contribution in [0, 0.1) is 6.92 Å². The molecular weight excluding hydrogens is 352 g/mol. The number of hydrogen-bond donors (Lipinski definition) is 2. The molecule has 1 aliphatic rings. The van der Waals surface area contributed by atoms with Gasteiger partial charge in [0.2, 0.25) is 5.95 Å². The summed E-state index contributed by atoms with van der Waals surface area (Å²) >= 11 is 0. The van der Waals surface area contributed by atoms with Crippen LogP contribution in [-0.2, 0) is 6.42 Å². The second-order valence-corrected chi connectivity index (χ2v) is 7.42. The number of rotatable bonds is 8. The number of anilines is 2. The van der Waals surface area contributed by atoms with Gasteiger partial charge in [-0.1, -0.05) is 31.7 Å². The van der Waals surface area contributed by atoms with Gasteiger partial charge in [0.25, 0.3) is 0 Å². The lowest BCUT2D eigenvalue weighted by molar-refractivity contribution is 0.354. The molecule has 0 radical (unpaired) electrons. The maximum Gasteiger partial charge on any atom is 0.224 e. The summed E-state index contributed by atoms with van der Waals surface area (Å²) in [5.74, 6) is 3.10. The van der Waals surface area contributed by atoms with Crippen molar-refractivity contribution in [3.8, 4) is 11.5 Å². The van der Waals surface area contributed by atoms with Crippen LogP contribution in [0.3, 0.4) is 0 Å². The molecule has 1 heterocycles. The SMILES string of the molecule is COc1ccc(CCNc2nc(C)cc(NC3CCCCCC3)n2)cc1OC. The highest BCUT2D eigenvalue weighted by molar-refractivity contribution is 5.44. The molecule has 0 unspecified atom stereocenters. The Morgan fingerprint density at radius 2 is 1.71 bits per heavy atom. The minimum atomic E-state index is 0.524. The maximum absolute atomic E-state index is 5.38. The Morgan fingerprint density at radius 3 is 2.43 bits per heavy atom. The van der Waals surface area contributed by atoms with Gasteiger partial charge >= 0.3 is 0 Å². The first-order valence-electron chi connectivity index (χ1n) is 10.2. The summed E-state index contributed by atoms with van der Waals surface area (Å²) < 4.78 is 10.7. The minimum Gasteiger partial charge on any atom is -0.493 e. The molecule has 2 aromatic rings. The summed E-state index contributed by atoms with van der Waals surface area (Å²) in [5, 5.41) is 6.97. The Labute approximate surface area is 168 Å². The van der Waals surface area contributed by atoms with Gasteiger partial charge in [-0.15, -0.1) is 0 Å². The molecule has 1 saturated carbocycles. The molecule has 0 amide bonds. The van der Waals surface area contributed by atoms with Crippen molar-refractivity contribution in [2.24, 2.45) is 0 Å². The monoisotopic (exact) mass is 384 g/mol. The Balaban J connectivity index is 1.57. The number of nitrogens with one attached hydrogen (secondary N) is 2. The van der Waals surface area contributed by atoms with E-state index in [0.717, 1.165) is 36.0 Å². The van der Waals surface area contributed by atoms with Crippen molar-refractivity contribution in [3.63, 3.8) is 0 Å².